The molecule has 1 atom stereocenters. The molecule has 1 unspecified atom stereocenters. The molecular formula is C69H52N4. The average Bonchev–Trinajstić information content (AvgIpc) is 3.96. The number of rotatable bonds is 9. The van der Waals surface area contributed by atoms with Crippen molar-refractivity contribution in [1.82, 2.24) is 9.13 Å². The van der Waals surface area contributed by atoms with Crippen LogP contribution in [0.25, 0.3) is 82.8 Å². The third-order valence-electron chi connectivity index (χ3n) is 15.4. The molecule has 0 fully saturated rings. The molecule has 2 aromatic heterocycles. The molecule has 348 valence electrons. The van der Waals surface area contributed by atoms with Crippen LogP contribution < -0.4 is 9.80 Å². The summed E-state index contributed by atoms with van der Waals surface area (Å²) in [6.07, 6.45) is 14.7. The predicted octanol–water partition coefficient (Wildman–Crippen LogP) is 19.0. The van der Waals surface area contributed by atoms with E-state index < -0.39 is 0 Å². The molecule has 0 amide bonds. The van der Waals surface area contributed by atoms with Gasteiger partial charge in [-0.25, -0.2) is 0 Å². The fraction of sp³-hybridized carbons (Fsp3) is 0.0725. The highest BCUT2D eigenvalue weighted by atomic mass is 15.2. The number of para-hydroxylation sites is 2. The molecule has 4 heteroatoms. The van der Waals surface area contributed by atoms with E-state index in [-0.39, 0.29) is 0 Å². The minimum absolute atomic E-state index is 0.454. The Morgan fingerprint density at radius 2 is 0.945 bits per heavy atom. The van der Waals surface area contributed by atoms with Crippen LogP contribution in [0.1, 0.15) is 31.0 Å². The summed E-state index contributed by atoms with van der Waals surface area (Å²) in [5.74, 6) is 0.454. The fourth-order valence-corrected chi connectivity index (χ4v) is 11.9. The highest BCUT2D eigenvalue weighted by Crippen LogP contribution is 2.46. The van der Waals surface area contributed by atoms with Crippen molar-refractivity contribution in [3.63, 3.8) is 0 Å². The van der Waals surface area contributed by atoms with Gasteiger partial charge in [0.1, 0.15) is 0 Å². The van der Waals surface area contributed by atoms with Crippen molar-refractivity contribution in [2.24, 2.45) is 5.92 Å². The molecule has 0 saturated heterocycles. The SMILES string of the molecule is CC1CC=CC=C1n1c2c(c3cc(N(c4ccc(-c5ccc(N(c6ccc7c(c6)c6ccccc6n7-c6ccccc6)c6cccc7ccccc67)cc5)cc4)c4cccc5ccccc45)ccc31)C=CCC2. The van der Waals surface area contributed by atoms with Crippen molar-refractivity contribution in [2.75, 3.05) is 9.80 Å². The van der Waals surface area contributed by atoms with Crippen molar-refractivity contribution in [2.45, 2.75) is 26.2 Å². The van der Waals surface area contributed by atoms with Crippen LogP contribution in [-0.4, -0.2) is 9.13 Å². The molecule has 0 N–H and O–H groups in total. The molecule has 2 aliphatic carbocycles. The largest absolute Gasteiger partial charge is 0.316 e. The zero-order valence-corrected chi connectivity index (χ0v) is 40.7. The molecule has 4 nitrogen and oxygen atoms in total. The lowest BCUT2D eigenvalue weighted by atomic mass is 9.97. The Morgan fingerprint density at radius 3 is 1.58 bits per heavy atom. The van der Waals surface area contributed by atoms with E-state index in [0.29, 0.717) is 5.92 Å². The summed E-state index contributed by atoms with van der Waals surface area (Å²) in [5, 5.41) is 8.59. The molecule has 0 spiro atoms. The lowest BCUT2D eigenvalue weighted by Gasteiger charge is -2.28. The van der Waals surface area contributed by atoms with E-state index in [1.54, 1.807) is 0 Å². The van der Waals surface area contributed by atoms with Gasteiger partial charge in [0.25, 0.3) is 0 Å². The third kappa shape index (κ3) is 7.20. The fourth-order valence-electron chi connectivity index (χ4n) is 11.9. The monoisotopic (exact) mass is 936 g/mol. The first-order valence-electron chi connectivity index (χ1n) is 25.7. The molecule has 0 bridgehead atoms. The van der Waals surface area contributed by atoms with Gasteiger partial charge in [-0.15, -0.1) is 0 Å². The van der Waals surface area contributed by atoms with Gasteiger partial charge in [0.15, 0.2) is 0 Å². The van der Waals surface area contributed by atoms with Crippen LogP contribution in [0.5, 0.6) is 0 Å². The van der Waals surface area contributed by atoms with Gasteiger partial charge < -0.3 is 18.9 Å². The minimum Gasteiger partial charge on any atom is -0.316 e. The maximum absolute atomic E-state index is 2.57. The van der Waals surface area contributed by atoms with Crippen LogP contribution in [-0.2, 0) is 6.42 Å². The van der Waals surface area contributed by atoms with Gasteiger partial charge >= 0.3 is 0 Å². The van der Waals surface area contributed by atoms with Gasteiger partial charge in [0.05, 0.1) is 27.9 Å². The highest BCUT2D eigenvalue weighted by molar-refractivity contribution is 6.11. The second kappa shape index (κ2) is 17.6. The summed E-state index contributed by atoms with van der Waals surface area (Å²) in [6.45, 7) is 2.36. The smallest absolute Gasteiger partial charge is 0.0542 e. The van der Waals surface area contributed by atoms with Gasteiger partial charge in [0, 0.05) is 78.2 Å². The Balaban J connectivity index is 0.864. The Hall–Kier alpha value is -9.12. The van der Waals surface area contributed by atoms with Crippen LogP contribution in [0.2, 0.25) is 0 Å². The topological polar surface area (TPSA) is 16.3 Å². The van der Waals surface area contributed by atoms with E-state index in [9.17, 15) is 0 Å². The van der Waals surface area contributed by atoms with E-state index in [2.05, 4.69) is 281 Å². The van der Waals surface area contributed by atoms with E-state index >= 15 is 0 Å². The second-order valence-corrected chi connectivity index (χ2v) is 19.6. The van der Waals surface area contributed by atoms with Crippen LogP contribution in [0.4, 0.5) is 34.1 Å². The summed E-state index contributed by atoms with van der Waals surface area (Å²) in [5.41, 5.74) is 18.0. The molecule has 2 aliphatic rings. The molecule has 0 radical (unpaired) electrons. The predicted molar refractivity (Wildman–Crippen MR) is 311 cm³/mol. The molecule has 73 heavy (non-hydrogen) atoms. The maximum Gasteiger partial charge on any atom is 0.0542 e. The summed E-state index contributed by atoms with van der Waals surface area (Å²) in [4.78, 5) is 4.87. The second-order valence-electron chi connectivity index (χ2n) is 19.6. The van der Waals surface area contributed by atoms with Crippen molar-refractivity contribution >= 4 is 100 Å². The molecular weight excluding hydrogens is 885 g/mol. The number of nitrogens with zero attached hydrogens (tertiary/aromatic N) is 4. The number of hydrogen-bond acceptors (Lipinski definition) is 2. The summed E-state index contributed by atoms with van der Waals surface area (Å²) in [7, 11) is 0. The van der Waals surface area contributed by atoms with Crippen molar-refractivity contribution in [3.8, 4) is 16.8 Å². The Kier molecular flexibility index (Phi) is 10.3. The van der Waals surface area contributed by atoms with Crippen molar-refractivity contribution in [1.29, 1.82) is 0 Å². The lowest BCUT2D eigenvalue weighted by molar-refractivity contribution is 0.707. The molecule has 2 heterocycles. The first-order chi connectivity index (χ1) is 36.1. The van der Waals surface area contributed by atoms with Crippen molar-refractivity contribution < 1.29 is 0 Å². The van der Waals surface area contributed by atoms with E-state index in [1.165, 1.54) is 71.2 Å². The molecule has 0 aliphatic heterocycles. The molecule has 14 rings (SSSR count). The van der Waals surface area contributed by atoms with Crippen LogP contribution in [0, 0.1) is 5.92 Å². The summed E-state index contributed by atoms with van der Waals surface area (Å²) in [6, 6.07) is 82.5. The number of benzene rings is 10. The van der Waals surface area contributed by atoms with Crippen LogP contribution in [0.15, 0.2) is 249 Å². The Labute approximate surface area is 425 Å². The number of allylic oxidation sites excluding steroid dienone is 5. The lowest BCUT2D eigenvalue weighted by Crippen LogP contribution is -2.12. The van der Waals surface area contributed by atoms with Gasteiger partial charge in [-0.3, -0.25) is 0 Å². The van der Waals surface area contributed by atoms with Crippen molar-refractivity contribution in [3.05, 3.63) is 260 Å². The summed E-state index contributed by atoms with van der Waals surface area (Å²) < 4.78 is 4.95. The van der Waals surface area contributed by atoms with Crippen LogP contribution in [0.3, 0.4) is 0 Å². The van der Waals surface area contributed by atoms with Gasteiger partial charge in [-0.1, -0.05) is 165 Å². The molecule has 0 saturated carbocycles. The maximum atomic E-state index is 2.57. The number of fused-ring (bicyclic) bond motifs is 8. The van der Waals surface area contributed by atoms with Crippen LogP contribution >= 0.6 is 0 Å². The third-order valence-corrected chi connectivity index (χ3v) is 15.4. The van der Waals surface area contributed by atoms with E-state index in [4.69, 9.17) is 0 Å². The van der Waals surface area contributed by atoms with Gasteiger partial charge in [-0.05, 0) is 138 Å². The number of anilines is 6. The first kappa shape index (κ1) is 42.7. The zero-order valence-electron chi connectivity index (χ0n) is 40.7. The molecule has 10 aromatic carbocycles. The quantitative estimate of drug-likeness (QED) is 0.143. The highest BCUT2D eigenvalue weighted by Gasteiger charge is 2.25. The number of aromatic nitrogens is 2. The molecule has 12 aromatic rings. The van der Waals surface area contributed by atoms with Gasteiger partial charge in [-0.2, -0.15) is 0 Å². The van der Waals surface area contributed by atoms with E-state index in [0.717, 1.165) is 70.2 Å². The Bertz CT molecular complexity index is 4180. The zero-order chi connectivity index (χ0) is 48.4. The minimum atomic E-state index is 0.454. The number of hydrogen-bond donors (Lipinski definition) is 0. The standard InChI is InChI=1S/C69H52N4/c1-47-17-5-12-28-63(47)73-67-30-14-11-27-60(67)62-46-56(42-44-69(62)73)71(65-32-16-21-51-19-7-9-25-58(51)65)54-39-35-49(36-40-54)48-33-37-53(38-34-48)70(64-31-15-20-50-18-6-8-24-57(50)64)55-41-43-68-61(45-55)59-26-10-13-29-66(59)72(68)52-22-3-2-4-23-52/h2-13,15-16,18-29,31-47H,14,17,30H2,1H3. The van der Waals surface area contributed by atoms with E-state index in [1.807, 2.05) is 0 Å². The average molecular weight is 937 g/mol. The first-order valence-corrected chi connectivity index (χ1v) is 25.7. The van der Waals surface area contributed by atoms with Gasteiger partial charge in [0.2, 0.25) is 0 Å². The summed E-state index contributed by atoms with van der Waals surface area (Å²) >= 11 is 0. The Morgan fingerprint density at radius 1 is 0.425 bits per heavy atom. The normalized spacial score (nSPS) is 14.3.